The molecule has 0 N–H and O–H groups in total. The molecule has 0 bridgehead atoms. The lowest BCUT2D eigenvalue weighted by Gasteiger charge is -2.32. The van der Waals surface area contributed by atoms with Gasteiger partial charge in [-0.2, -0.15) is 4.98 Å². The predicted octanol–water partition coefficient (Wildman–Crippen LogP) is 3.26. The summed E-state index contributed by atoms with van der Waals surface area (Å²) in [6.45, 7) is 1.53. The van der Waals surface area contributed by atoms with E-state index in [0.29, 0.717) is 31.0 Å². The van der Waals surface area contributed by atoms with E-state index in [2.05, 4.69) is 20.1 Å². The van der Waals surface area contributed by atoms with E-state index in [1.54, 1.807) is 19.6 Å². The van der Waals surface area contributed by atoms with Crippen LogP contribution in [-0.2, 0) is 11.2 Å². The zero-order valence-electron chi connectivity index (χ0n) is 17.0. The highest BCUT2D eigenvalue weighted by Gasteiger charge is 2.25. The third-order valence-corrected chi connectivity index (χ3v) is 5.37. The minimum atomic E-state index is 0.168. The van der Waals surface area contributed by atoms with E-state index in [9.17, 15) is 4.79 Å². The number of piperidine rings is 1. The number of methoxy groups -OCH3 is 1. The molecule has 8 heteroatoms. The van der Waals surface area contributed by atoms with Crippen LogP contribution in [0.5, 0.6) is 5.75 Å². The highest BCUT2D eigenvalue weighted by atomic mass is 16.5. The highest BCUT2D eigenvalue weighted by Crippen LogP contribution is 2.26. The van der Waals surface area contributed by atoms with Crippen molar-refractivity contribution in [2.45, 2.75) is 38.0 Å². The predicted molar refractivity (Wildman–Crippen MR) is 110 cm³/mol. The topological polar surface area (TPSA) is 94.2 Å². The van der Waals surface area contributed by atoms with Crippen LogP contribution in [0.2, 0.25) is 0 Å². The van der Waals surface area contributed by atoms with Crippen LogP contribution in [-0.4, -0.2) is 51.1 Å². The van der Waals surface area contributed by atoms with Crippen molar-refractivity contribution >= 4 is 5.91 Å². The molecule has 0 radical (unpaired) electrons. The summed E-state index contributed by atoms with van der Waals surface area (Å²) >= 11 is 0. The number of carbonyl (C=O) groups is 1. The number of rotatable bonds is 7. The number of nitrogens with zero attached hydrogens (tertiary/aromatic N) is 5. The maximum absolute atomic E-state index is 12.7. The van der Waals surface area contributed by atoms with Gasteiger partial charge in [0.25, 0.3) is 0 Å². The smallest absolute Gasteiger partial charge is 0.226 e. The Morgan fingerprint density at radius 3 is 3.10 bits per heavy atom. The second-order valence-electron chi connectivity index (χ2n) is 7.41. The Balaban J connectivity index is 1.28. The Hall–Kier alpha value is -3.29. The summed E-state index contributed by atoms with van der Waals surface area (Å²) in [5.41, 5.74) is 1.85. The lowest BCUT2D eigenvalue weighted by atomic mass is 9.94. The number of ether oxygens (including phenoxy) is 1. The Labute approximate surface area is 175 Å². The van der Waals surface area contributed by atoms with Gasteiger partial charge in [0.05, 0.1) is 7.11 Å². The maximum Gasteiger partial charge on any atom is 0.226 e. The second-order valence-corrected chi connectivity index (χ2v) is 7.41. The molecule has 1 amide bonds. The molecule has 1 aliphatic heterocycles. The van der Waals surface area contributed by atoms with Crippen molar-refractivity contribution in [3.05, 3.63) is 54.4 Å². The van der Waals surface area contributed by atoms with Crippen LogP contribution < -0.4 is 4.74 Å². The fourth-order valence-electron chi connectivity index (χ4n) is 3.77. The number of likely N-dealkylation sites (tertiary alicyclic amines) is 1. The first-order valence-electron chi connectivity index (χ1n) is 10.2. The third-order valence-electron chi connectivity index (χ3n) is 5.37. The molecular formula is C22H25N5O3. The van der Waals surface area contributed by atoms with Crippen LogP contribution in [0.4, 0.5) is 0 Å². The van der Waals surface area contributed by atoms with Crippen molar-refractivity contribution in [2.24, 2.45) is 0 Å². The maximum atomic E-state index is 12.7. The van der Waals surface area contributed by atoms with Gasteiger partial charge >= 0.3 is 0 Å². The normalized spacial score (nSPS) is 16.4. The Morgan fingerprint density at radius 1 is 1.33 bits per heavy atom. The molecule has 8 nitrogen and oxygen atoms in total. The summed E-state index contributed by atoms with van der Waals surface area (Å²) in [7, 11) is 1.62. The van der Waals surface area contributed by atoms with Crippen molar-refractivity contribution < 1.29 is 14.1 Å². The lowest BCUT2D eigenvalue weighted by molar-refractivity contribution is -0.132. The molecule has 2 aromatic heterocycles. The van der Waals surface area contributed by atoms with Crippen LogP contribution in [0.25, 0.3) is 11.4 Å². The van der Waals surface area contributed by atoms with Crippen molar-refractivity contribution in [3.8, 4) is 17.1 Å². The van der Waals surface area contributed by atoms with Gasteiger partial charge in [0.2, 0.25) is 17.6 Å². The van der Waals surface area contributed by atoms with Gasteiger partial charge in [0.1, 0.15) is 12.1 Å². The summed E-state index contributed by atoms with van der Waals surface area (Å²) < 4.78 is 10.6. The molecular weight excluding hydrogens is 382 g/mol. The average Bonchev–Trinajstić information content (AvgIpc) is 3.29. The lowest BCUT2D eigenvalue weighted by Crippen LogP contribution is -2.39. The first-order chi connectivity index (χ1) is 14.7. The summed E-state index contributed by atoms with van der Waals surface area (Å²) in [5, 5.41) is 4.04. The number of hydrogen-bond donors (Lipinski definition) is 0. The summed E-state index contributed by atoms with van der Waals surface area (Å²) in [4.78, 5) is 27.4. The van der Waals surface area contributed by atoms with Gasteiger partial charge in [0, 0.05) is 49.3 Å². The SMILES string of the molecule is COc1cccc(-c2noc(CCCC(=O)N3CCC[C@H](c4ccncn4)C3)n2)c1. The summed E-state index contributed by atoms with van der Waals surface area (Å²) in [6.07, 6.45) is 7.09. The van der Waals surface area contributed by atoms with E-state index in [1.807, 2.05) is 35.2 Å². The largest absolute Gasteiger partial charge is 0.497 e. The van der Waals surface area contributed by atoms with Crippen LogP contribution in [0.1, 0.15) is 43.2 Å². The number of amides is 1. The third kappa shape index (κ3) is 4.82. The number of benzene rings is 1. The van der Waals surface area contributed by atoms with E-state index in [-0.39, 0.29) is 11.8 Å². The Bertz CT molecular complexity index is 976. The fourth-order valence-corrected chi connectivity index (χ4v) is 3.77. The van der Waals surface area contributed by atoms with E-state index in [0.717, 1.165) is 42.9 Å². The van der Waals surface area contributed by atoms with E-state index < -0.39 is 0 Å². The van der Waals surface area contributed by atoms with Crippen LogP contribution in [0.15, 0.2) is 47.4 Å². The zero-order chi connectivity index (χ0) is 20.8. The summed E-state index contributed by atoms with van der Waals surface area (Å²) in [6, 6.07) is 9.46. The van der Waals surface area contributed by atoms with Crippen molar-refractivity contribution in [2.75, 3.05) is 20.2 Å². The monoisotopic (exact) mass is 407 g/mol. The molecule has 0 spiro atoms. The van der Waals surface area contributed by atoms with Gasteiger partial charge in [0.15, 0.2) is 0 Å². The quantitative estimate of drug-likeness (QED) is 0.593. The standard InChI is InChI=1S/C22H25N5O3/c1-29-18-7-2-5-16(13-18)22-25-20(30-26-22)8-3-9-21(28)27-12-4-6-17(14-27)19-10-11-23-15-24-19/h2,5,7,10-11,13,15,17H,3-4,6,8-9,12,14H2,1H3/t17-/m0/s1. The van der Waals surface area contributed by atoms with E-state index >= 15 is 0 Å². The van der Waals surface area contributed by atoms with Crippen molar-refractivity contribution in [1.82, 2.24) is 25.0 Å². The molecule has 156 valence electrons. The first-order valence-corrected chi connectivity index (χ1v) is 10.2. The number of aromatic nitrogens is 4. The minimum absolute atomic E-state index is 0.168. The molecule has 1 aromatic carbocycles. The van der Waals surface area contributed by atoms with Crippen molar-refractivity contribution in [3.63, 3.8) is 0 Å². The molecule has 0 aliphatic carbocycles. The van der Waals surface area contributed by atoms with E-state index in [4.69, 9.17) is 9.26 Å². The highest BCUT2D eigenvalue weighted by molar-refractivity contribution is 5.76. The number of carbonyl (C=O) groups excluding carboxylic acids is 1. The molecule has 1 aliphatic rings. The number of hydrogen-bond acceptors (Lipinski definition) is 7. The van der Waals surface area contributed by atoms with E-state index in [1.165, 1.54) is 0 Å². The zero-order valence-corrected chi connectivity index (χ0v) is 17.0. The van der Waals surface area contributed by atoms with Gasteiger partial charge in [-0.1, -0.05) is 17.3 Å². The fraction of sp³-hybridized carbons (Fsp3) is 0.409. The van der Waals surface area contributed by atoms with Crippen LogP contribution in [0.3, 0.4) is 0 Å². The van der Waals surface area contributed by atoms with Gasteiger partial charge < -0.3 is 14.2 Å². The molecule has 3 heterocycles. The molecule has 1 fully saturated rings. The number of aryl methyl sites for hydroxylation is 1. The van der Waals surface area contributed by atoms with Crippen LogP contribution in [0, 0.1) is 0 Å². The molecule has 4 rings (SSSR count). The molecule has 30 heavy (non-hydrogen) atoms. The molecule has 1 saturated heterocycles. The molecule has 3 aromatic rings. The van der Waals surface area contributed by atoms with Gasteiger partial charge in [-0.3, -0.25) is 4.79 Å². The first kappa shape index (κ1) is 20.0. The van der Waals surface area contributed by atoms with Gasteiger partial charge in [-0.25, -0.2) is 9.97 Å². The van der Waals surface area contributed by atoms with Gasteiger partial charge in [-0.05, 0) is 37.5 Å². The summed E-state index contributed by atoms with van der Waals surface area (Å²) in [5.74, 6) is 2.26. The molecule has 1 atom stereocenters. The minimum Gasteiger partial charge on any atom is -0.497 e. The molecule has 0 unspecified atom stereocenters. The Kier molecular flexibility index (Phi) is 6.32. The molecule has 0 saturated carbocycles. The van der Waals surface area contributed by atoms with Crippen molar-refractivity contribution in [1.29, 1.82) is 0 Å². The van der Waals surface area contributed by atoms with Crippen LogP contribution >= 0.6 is 0 Å². The second kappa shape index (κ2) is 9.47. The average molecular weight is 407 g/mol. The van der Waals surface area contributed by atoms with Gasteiger partial charge in [-0.15, -0.1) is 0 Å². The Morgan fingerprint density at radius 2 is 2.27 bits per heavy atom.